The molecule has 84 valence electrons. The zero-order valence-electron chi connectivity index (χ0n) is 8.93. The van der Waals surface area contributed by atoms with Crippen LogP contribution in [0.4, 0.5) is 5.69 Å². The van der Waals surface area contributed by atoms with Crippen molar-refractivity contribution in [2.75, 3.05) is 0 Å². The van der Waals surface area contributed by atoms with Crippen molar-refractivity contribution in [1.29, 1.82) is 0 Å². The number of fused-ring (bicyclic) bond motifs is 1. The minimum atomic E-state index is -0.757. The Morgan fingerprint density at radius 1 is 1.50 bits per heavy atom. The minimum absolute atomic E-state index is 0.0968. The Hall–Kier alpha value is -1.95. The van der Waals surface area contributed by atoms with Gasteiger partial charge in [0.25, 0.3) is 0 Å². The molecule has 6 heteroatoms. The largest absolute Gasteiger partial charge is 0.431 e. The Morgan fingerprint density at radius 2 is 2.19 bits per heavy atom. The van der Waals surface area contributed by atoms with Gasteiger partial charge in [-0.15, -0.1) is 0 Å². The molecule has 0 bridgehead atoms. The van der Waals surface area contributed by atoms with E-state index in [0.717, 1.165) is 0 Å². The number of nitrogens with two attached hydrogens (primary N) is 1. The van der Waals surface area contributed by atoms with Gasteiger partial charge in [0.1, 0.15) is 5.52 Å². The number of para-hydroxylation sites is 1. The van der Waals surface area contributed by atoms with E-state index in [1.807, 2.05) is 0 Å². The van der Waals surface area contributed by atoms with Crippen LogP contribution in [0, 0.1) is 10.1 Å². The zero-order valence-corrected chi connectivity index (χ0v) is 8.93. The predicted octanol–water partition coefficient (Wildman–Crippen LogP) is 1.93. The molecule has 0 unspecified atom stereocenters. The Labute approximate surface area is 91.2 Å². The number of nitro benzene ring substituents is 1. The van der Waals surface area contributed by atoms with Gasteiger partial charge in [-0.3, -0.25) is 10.1 Å². The molecule has 0 saturated carbocycles. The van der Waals surface area contributed by atoms with E-state index in [9.17, 15) is 10.1 Å². The molecule has 1 aromatic heterocycles. The molecule has 2 rings (SSSR count). The van der Waals surface area contributed by atoms with Crippen LogP contribution in [0.25, 0.3) is 11.1 Å². The Bertz CT molecular complexity index is 554. The number of hydrogen-bond donors (Lipinski definition) is 1. The summed E-state index contributed by atoms with van der Waals surface area (Å²) in [5, 5.41) is 10.8. The lowest BCUT2D eigenvalue weighted by Gasteiger charge is -2.11. The molecule has 0 spiro atoms. The van der Waals surface area contributed by atoms with Crippen LogP contribution < -0.4 is 5.73 Å². The van der Waals surface area contributed by atoms with Crippen molar-refractivity contribution in [1.82, 2.24) is 4.98 Å². The van der Waals surface area contributed by atoms with E-state index in [1.54, 1.807) is 26.0 Å². The zero-order chi connectivity index (χ0) is 11.9. The second-order valence-electron chi connectivity index (χ2n) is 4.12. The third-order valence-electron chi connectivity index (χ3n) is 2.14. The quantitative estimate of drug-likeness (QED) is 0.617. The van der Waals surface area contributed by atoms with Crippen molar-refractivity contribution in [3.05, 3.63) is 34.2 Å². The summed E-state index contributed by atoms with van der Waals surface area (Å²) in [6, 6.07) is 4.60. The van der Waals surface area contributed by atoms with Gasteiger partial charge in [-0.25, -0.2) is 4.98 Å². The topological polar surface area (TPSA) is 95.2 Å². The highest BCUT2D eigenvalue weighted by Gasteiger charge is 2.24. The van der Waals surface area contributed by atoms with Crippen molar-refractivity contribution >= 4 is 16.8 Å². The molecule has 2 aromatic rings. The molecule has 0 fully saturated rings. The first-order valence-electron chi connectivity index (χ1n) is 4.73. The number of non-ortho nitro benzene ring substituents is 1. The molecular weight excluding hydrogens is 210 g/mol. The Balaban J connectivity index is 2.71. The summed E-state index contributed by atoms with van der Waals surface area (Å²) in [5.74, 6) is 0.289. The van der Waals surface area contributed by atoms with Crippen LogP contribution in [0.2, 0.25) is 0 Å². The van der Waals surface area contributed by atoms with Crippen molar-refractivity contribution in [2.45, 2.75) is 19.4 Å². The van der Waals surface area contributed by atoms with Crippen LogP contribution >= 0.6 is 0 Å². The lowest BCUT2D eigenvalue weighted by Crippen LogP contribution is -2.28. The summed E-state index contributed by atoms with van der Waals surface area (Å²) in [6.45, 7) is 3.45. The molecule has 0 aliphatic rings. The first kappa shape index (κ1) is 10.6. The lowest BCUT2D eigenvalue weighted by atomic mass is 10.1. The number of benzene rings is 1. The highest BCUT2D eigenvalue weighted by molar-refractivity contribution is 5.82. The van der Waals surface area contributed by atoms with Gasteiger partial charge in [0.05, 0.1) is 10.5 Å². The SMILES string of the molecule is CC(C)(N)c1nc2cccc([N+](=O)[O-])c2o1. The number of nitrogens with zero attached hydrogens (tertiary/aromatic N) is 2. The molecular formula is C10H11N3O3. The van der Waals surface area contributed by atoms with Gasteiger partial charge >= 0.3 is 5.69 Å². The molecule has 1 aromatic carbocycles. The van der Waals surface area contributed by atoms with Crippen molar-refractivity contribution in [2.24, 2.45) is 5.73 Å². The molecule has 2 N–H and O–H groups in total. The second-order valence-corrected chi connectivity index (χ2v) is 4.12. The van der Waals surface area contributed by atoms with E-state index in [0.29, 0.717) is 5.52 Å². The van der Waals surface area contributed by atoms with Crippen LogP contribution in [0.3, 0.4) is 0 Å². The maximum absolute atomic E-state index is 10.8. The van der Waals surface area contributed by atoms with E-state index in [4.69, 9.17) is 10.2 Å². The average molecular weight is 221 g/mol. The van der Waals surface area contributed by atoms with Gasteiger partial charge < -0.3 is 10.2 Å². The van der Waals surface area contributed by atoms with Crippen LogP contribution in [0.1, 0.15) is 19.7 Å². The number of rotatable bonds is 2. The monoisotopic (exact) mass is 221 g/mol. The first-order valence-corrected chi connectivity index (χ1v) is 4.73. The highest BCUT2D eigenvalue weighted by atomic mass is 16.6. The van der Waals surface area contributed by atoms with Gasteiger partial charge in [-0.05, 0) is 19.9 Å². The molecule has 0 aliphatic heterocycles. The van der Waals surface area contributed by atoms with E-state index in [-0.39, 0.29) is 17.2 Å². The fraction of sp³-hybridized carbons (Fsp3) is 0.300. The maximum Gasteiger partial charge on any atom is 0.313 e. The van der Waals surface area contributed by atoms with Crippen LogP contribution in [-0.2, 0) is 5.54 Å². The molecule has 0 aliphatic carbocycles. The van der Waals surface area contributed by atoms with E-state index in [1.165, 1.54) is 6.07 Å². The predicted molar refractivity (Wildman–Crippen MR) is 57.9 cm³/mol. The van der Waals surface area contributed by atoms with Crippen LogP contribution in [0.15, 0.2) is 22.6 Å². The second kappa shape index (κ2) is 3.28. The molecule has 6 nitrogen and oxygen atoms in total. The van der Waals surface area contributed by atoms with Crippen molar-refractivity contribution in [3.63, 3.8) is 0 Å². The number of aromatic nitrogens is 1. The van der Waals surface area contributed by atoms with Crippen molar-refractivity contribution in [3.8, 4) is 0 Å². The van der Waals surface area contributed by atoms with Crippen molar-refractivity contribution < 1.29 is 9.34 Å². The molecule has 0 radical (unpaired) electrons. The summed E-state index contributed by atoms with van der Waals surface area (Å²) in [5.41, 5.74) is 5.58. The van der Waals surface area contributed by atoms with E-state index >= 15 is 0 Å². The Morgan fingerprint density at radius 3 is 2.75 bits per heavy atom. The third-order valence-corrected chi connectivity index (χ3v) is 2.14. The molecule has 16 heavy (non-hydrogen) atoms. The summed E-state index contributed by atoms with van der Waals surface area (Å²) in [6.07, 6.45) is 0. The molecule has 0 atom stereocenters. The average Bonchev–Trinajstić information content (AvgIpc) is 2.59. The standard InChI is InChI=1S/C10H11N3O3/c1-10(2,11)9-12-6-4-3-5-7(13(14)15)8(6)16-9/h3-5H,11H2,1-2H3. The normalized spacial score (nSPS) is 11.9. The van der Waals surface area contributed by atoms with E-state index < -0.39 is 10.5 Å². The minimum Gasteiger partial charge on any atom is -0.431 e. The lowest BCUT2D eigenvalue weighted by molar-refractivity contribution is -0.383. The van der Waals surface area contributed by atoms with E-state index in [2.05, 4.69) is 4.98 Å². The maximum atomic E-state index is 10.8. The molecule has 0 saturated heterocycles. The summed E-state index contributed by atoms with van der Waals surface area (Å²) in [4.78, 5) is 14.4. The number of nitro groups is 1. The van der Waals surface area contributed by atoms with Crippen LogP contribution in [-0.4, -0.2) is 9.91 Å². The van der Waals surface area contributed by atoms with Gasteiger partial charge in [-0.2, -0.15) is 0 Å². The fourth-order valence-electron chi connectivity index (χ4n) is 1.35. The first-order chi connectivity index (χ1) is 7.39. The Kier molecular flexibility index (Phi) is 2.16. The number of hydrogen-bond acceptors (Lipinski definition) is 5. The molecule has 0 amide bonds. The van der Waals surface area contributed by atoms with Gasteiger partial charge in [0, 0.05) is 6.07 Å². The fourth-order valence-corrected chi connectivity index (χ4v) is 1.35. The van der Waals surface area contributed by atoms with Gasteiger partial charge in [0.2, 0.25) is 11.5 Å². The van der Waals surface area contributed by atoms with Gasteiger partial charge in [-0.1, -0.05) is 6.07 Å². The smallest absolute Gasteiger partial charge is 0.313 e. The highest BCUT2D eigenvalue weighted by Crippen LogP contribution is 2.29. The molecule has 1 heterocycles. The third kappa shape index (κ3) is 1.63. The summed E-state index contributed by atoms with van der Waals surface area (Å²) >= 11 is 0. The number of oxazole rings is 1. The summed E-state index contributed by atoms with van der Waals surface area (Å²) < 4.78 is 5.35. The van der Waals surface area contributed by atoms with Crippen LogP contribution in [0.5, 0.6) is 0 Å². The van der Waals surface area contributed by atoms with Gasteiger partial charge in [0.15, 0.2) is 0 Å². The summed E-state index contributed by atoms with van der Waals surface area (Å²) in [7, 11) is 0.